The smallest absolute Gasteiger partial charge is 0.147 e. The average molecular weight is 344 g/mol. The Morgan fingerprint density at radius 1 is 1.25 bits per heavy atom. The van der Waals surface area contributed by atoms with Gasteiger partial charge in [-0.05, 0) is 30.5 Å². The van der Waals surface area contributed by atoms with Crippen molar-refractivity contribution in [1.29, 1.82) is 0 Å². The lowest BCUT2D eigenvalue weighted by atomic mass is 10.1. The van der Waals surface area contributed by atoms with Gasteiger partial charge in [0.1, 0.15) is 23.7 Å². The van der Waals surface area contributed by atoms with Crippen LogP contribution in [-0.2, 0) is 4.74 Å². The zero-order valence-corrected chi connectivity index (χ0v) is 14.4. The molecule has 1 fully saturated rings. The second kappa shape index (κ2) is 6.88. The first-order valence-electron chi connectivity index (χ1n) is 8.11. The van der Waals surface area contributed by atoms with Crippen molar-refractivity contribution in [1.82, 2.24) is 14.9 Å². The van der Waals surface area contributed by atoms with E-state index in [1.165, 1.54) is 0 Å². The van der Waals surface area contributed by atoms with E-state index in [-0.39, 0.29) is 6.04 Å². The van der Waals surface area contributed by atoms with Crippen molar-refractivity contribution in [3.05, 3.63) is 41.4 Å². The second-order valence-corrected chi connectivity index (χ2v) is 6.77. The molecule has 126 valence electrons. The SMILES string of the molecule is Cc1ccc(C(CNc2ncnc3ccsc23)N2CCOCC2)o1. The number of nitrogens with one attached hydrogen (secondary N) is 1. The fourth-order valence-corrected chi connectivity index (χ4v) is 3.85. The van der Waals surface area contributed by atoms with Crippen molar-refractivity contribution >= 4 is 27.4 Å². The molecule has 1 saturated heterocycles. The molecule has 24 heavy (non-hydrogen) atoms. The molecule has 0 spiro atoms. The monoisotopic (exact) mass is 344 g/mol. The van der Waals surface area contributed by atoms with Crippen molar-refractivity contribution in [2.75, 3.05) is 38.2 Å². The van der Waals surface area contributed by atoms with Crippen molar-refractivity contribution in [2.45, 2.75) is 13.0 Å². The highest BCUT2D eigenvalue weighted by molar-refractivity contribution is 7.17. The maximum atomic E-state index is 5.91. The van der Waals surface area contributed by atoms with Gasteiger partial charge in [-0.2, -0.15) is 0 Å². The van der Waals surface area contributed by atoms with Gasteiger partial charge in [0.2, 0.25) is 0 Å². The molecule has 0 bridgehead atoms. The van der Waals surface area contributed by atoms with Crippen molar-refractivity contribution in [3.8, 4) is 0 Å². The Bertz CT molecular complexity index is 810. The molecule has 4 heterocycles. The third-order valence-corrected chi connectivity index (χ3v) is 5.19. The summed E-state index contributed by atoms with van der Waals surface area (Å²) in [7, 11) is 0. The summed E-state index contributed by atoms with van der Waals surface area (Å²) < 4.78 is 12.5. The van der Waals surface area contributed by atoms with Crippen LogP contribution >= 0.6 is 11.3 Å². The maximum Gasteiger partial charge on any atom is 0.147 e. The van der Waals surface area contributed by atoms with Gasteiger partial charge in [-0.3, -0.25) is 4.90 Å². The van der Waals surface area contributed by atoms with Crippen LogP contribution in [-0.4, -0.2) is 47.7 Å². The van der Waals surface area contributed by atoms with Gasteiger partial charge >= 0.3 is 0 Å². The number of anilines is 1. The fourth-order valence-electron chi connectivity index (χ4n) is 3.04. The first kappa shape index (κ1) is 15.6. The maximum absolute atomic E-state index is 5.91. The summed E-state index contributed by atoms with van der Waals surface area (Å²) in [5.74, 6) is 2.81. The third-order valence-electron chi connectivity index (χ3n) is 4.28. The summed E-state index contributed by atoms with van der Waals surface area (Å²) in [4.78, 5) is 11.1. The lowest BCUT2D eigenvalue weighted by Gasteiger charge is -2.33. The van der Waals surface area contributed by atoms with Crippen LogP contribution < -0.4 is 5.32 Å². The topological polar surface area (TPSA) is 63.4 Å². The third kappa shape index (κ3) is 3.15. The normalized spacial score (nSPS) is 17.2. The van der Waals surface area contributed by atoms with E-state index in [4.69, 9.17) is 9.15 Å². The molecule has 3 aromatic heterocycles. The van der Waals surface area contributed by atoms with Gasteiger partial charge in [0.25, 0.3) is 0 Å². The zero-order valence-electron chi connectivity index (χ0n) is 13.6. The minimum absolute atomic E-state index is 0.160. The van der Waals surface area contributed by atoms with E-state index in [9.17, 15) is 0 Å². The number of thiophene rings is 1. The molecule has 1 aliphatic heterocycles. The number of hydrogen-bond acceptors (Lipinski definition) is 7. The molecule has 4 rings (SSSR count). The van der Waals surface area contributed by atoms with Gasteiger partial charge in [0.05, 0.1) is 29.5 Å². The molecule has 3 aromatic rings. The van der Waals surface area contributed by atoms with Gasteiger partial charge < -0.3 is 14.5 Å². The largest absolute Gasteiger partial charge is 0.465 e. The van der Waals surface area contributed by atoms with Crippen LogP contribution in [0.1, 0.15) is 17.6 Å². The van der Waals surface area contributed by atoms with E-state index < -0.39 is 0 Å². The number of rotatable bonds is 5. The number of nitrogens with zero attached hydrogens (tertiary/aromatic N) is 3. The number of hydrogen-bond donors (Lipinski definition) is 1. The summed E-state index contributed by atoms with van der Waals surface area (Å²) in [6.07, 6.45) is 1.61. The van der Waals surface area contributed by atoms with Gasteiger partial charge in [0, 0.05) is 19.6 Å². The predicted molar refractivity (Wildman–Crippen MR) is 94.5 cm³/mol. The highest BCUT2D eigenvalue weighted by Gasteiger charge is 2.25. The molecule has 7 heteroatoms. The molecule has 1 unspecified atom stereocenters. The summed E-state index contributed by atoms with van der Waals surface area (Å²) in [5.41, 5.74) is 0.981. The van der Waals surface area contributed by atoms with Crippen molar-refractivity contribution in [3.63, 3.8) is 0 Å². The van der Waals surface area contributed by atoms with E-state index in [1.54, 1.807) is 17.7 Å². The van der Waals surface area contributed by atoms with Crippen molar-refractivity contribution in [2.24, 2.45) is 0 Å². The van der Waals surface area contributed by atoms with Crippen molar-refractivity contribution < 1.29 is 9.15 Å². The highest BCUT2D eigenvalue weighted by Crippen LogP contribution is 2.28. The summed E-state index contributed by atoms with van der Waals surface area (Å²) in [6, 6.07) is 6.26. The van der Waals surface area contributed by atoms with E-state index in [0.29, 0.717) is 0 Å². The van der Waals surface area contributed by atoms with Gasteiger partial charge in [-0.1, -0.05) is 0 Å². The summed E-state index contributed by atoms with van der Waals surface area (Å²) >= 11 is 1.66. The average Bonchev–Trinajstić information content (AvgIpc) is 3.25. The summed E-state index contributed by atoms with van der Waals surface area (Å²) in [5, 5.41) is 5.54. The summed E-state index contributed by atoms with van der Waals surface area (Å²) in [6.45, 7) is 6.05. The number of fused-ring (bicyclic) bond motifs is 1. The number of morpholine rings is 1. The van der Waals surface area contributed by atoms with E-state index in [1.807, 2.05) is 24.4 Å². The first-order valence-corrected chi connectivity index (χ1v) is 8.99. The van der Waals surface area contributed by atoms with Gasteiger partial charge in [-0.15, -0.1) is 11.3 Å². The van der Waals surface area contributed by atoms with Gasteiger partial charge in [-0.25, -0.2) is 9.97 Å². The Morgan fingerprint density at radius 3 is 2.92 bits per heavy atom. The fraction of sp³-hybridized carbons (Fsp3) is 0.412. The Labute approximate surface area is 144 Å². The quantitative estimate of drug-likeness (QED) is 0.767. The van der Waals surface area contributed by atoms with Crippen LogP contribution in [0.4, 0.5) is 5.82 Å². The lowest BCUT2D eigenvalue weighted by molar-refractivity contribution is 0.0143. The van der Waals surface area contributed by atoms with Crippen LogP contribution in [0.15, 0.2) is 34.3 Å². The van der Waals surface area contributed by atoms with E-state index >= 15 is 0 Å². The Morgan fingerprint density at radius 2 is 2.12 bits per heavy atom. The predicted octanol–water partition coefficient (Wildman–Crippen LogP) is 3.08. The number of aromatic nitrogens is 2. The van der Waals surface area contributed by atoms with Crippen LogP contribution in [0.25, 0.3) is 10.2 Å². The Balaban J connectivity index is 1.56. The zero-order chi connectivity index (χ0) is 16.4. The minimum atomic E-state index is 0.160. The van der Waals surface area contributed by atoms with Crippen LogP contribution in [0.3, 0.4) is 0 Å². The van der Waals surface area contributed by atoms with Crippen LogP contribution in [0.2, 0.25) is 0 Å². The number of furan rings is 1. The molecule has 0 aromatic carbocycles. The Hall–Kier alpha value is -1.96. The molecule has 0 saturated carbocycles. The number of aryl methyl sites for hydroxylation is 1. The van der Waals surface area contributed by atoms with Crippen LogP contribution in [0, 0.1) is 6.92 Å². The van der Waals surface area contributed by atoms with Crippen LogP contribution in [0.5, 0.6) is 0 Å². The lowest BCUT2D eigenvalue weighted by Crippen LogP contribution is -2.41. The van der Waals surface area contributed by atoms with E-state index in [2.05, 4.69) is 26.3 Å². The first-order chi connectivity index (χ1) is 11.8. The molecule has 0 radical (unpaired) electrons. The molecular weight excluding hydrogens is 324 g/mol. The molecule has 0 amide bonds. The molecule has 0 aliphatic carbocycles. The standard InChI is InChI=1S/C17H20N4O2S/c1-12-2-3-15(23-12)14(21-5-7-22-8-6-21)10-18-17-16-13(4-9-24-16)19-11-20-17/h2-4,9,11,14H,5-8,10H2,1H3,(H,18,19,20). The molecule has 1 aliphatic rings. The van der Waals surface area contributed by atoms with E-state index in [0.717, 1.165) is 60.4 Å². The van der Waals surface area contributed by atoms with Gasteiger partial charge in [0.15, 0.2) is 0 Å². The Kier molecular flexibility index (Phi) is 4.46. The molecule has 1 atom stereocenters. The molecule has 6 nitrogen and oxygen atoms in total. The highest BCUT2D eigenvalue weighted by atomic mass is 32.1. The molecule has 1 N–H and O–H groups in total. The molecular formula is C17H20N4O2S. The second-order valence-electron chi connectivity index (χ2n) is 5.85. The minimum Gasteiger partial charge on any atom is -0.465 e. The number of ether oxygens (including phenoxy) is 1.